The number of halogens is 2. The molecule has 0 bridgehead atoms. The van der Waals surface area contributed by atoms with E-state index in [1.54, 1.807) is 0 Å². The fraction of sp³-hybridized carbons (Fsp3) is 0.471. The summed E-state index contributed by atoms with van der Waals surface area (Å²) in [7, 11) is 0. The van der Waals surface area contributed by atoms with Crippen LogP contribution in [-0.4, -0.2) is 30.1 Å². The van der Waals surface area contributed by atoms with Crippen LogP contribution < -0.4 is 10.6 Å². The normalized spacial score (nSPS) is 16.0. The summed E-state index contributed by atoms with van der Waals surface area (Å²) >= 11 is 5.71. The van der Waals surface area contributed by atoms with Gasteiger partial charge in [-0.25, -0.2) is 14.0 Å². The molecule has 1 aliphatic carbocycles. The molecule has 25 heavy (non-hydrogen) atoms. The monoisotopic (exact) mass is 370 g/mol. The van der Waals surface area contributed by atoms with Gasteiger partial charge in [0.25, 0.3) is 5.91 Å². The lowest BCUT2D eigenvalue weighted by Crippen LogP contribution is -2.48. The lowest BCUT2D eigenvalue weighted by Gasteiger charge is -2.23. The molecule has 0 heterocycles. The molecule has 0 saturated heterocycles. The minimum Gasteiger partial charge on any atom is -0.449 e. The summed E-state index contributed by atoms with van der Waals surface area (Å²) in [4.78, 5) is 35.7. The predicted molar refractivity (Wildman–Crippen MR) is 89.8 cm³/mol. The Morgan fingerprint density at radius 1 is 1.24 bits per heavy atom. The second-order valence-electron chi connectivity index (χ2n) is 5.97. The summed E-state index contributed by atoms with van der Waals surface area (Å²) in [5.41, 5.74) is -0.376. The van der Waals surface area contributed by atoms with Gasteiger partial charge in [0.1, 0.15) is 5.82 Å². The highest BCUT2D eigenvalue weighted by molar-refractivity contribution is 6.30. The maximum atomic E-state index is 13.6. The number of benzene rings is 1. The van der Waals surface area contributed by atoms with Crippen molar-refractivity contribution in [2.75, 3.05) is 0 Å². The zero-order chi connectivity index (χ0) is 18.4. The minimum atomic E-state index is -1.26. The summed E-state index contributed by atoms with van der Waals surface area (Å²) in [6.07, 6.45) is 3.71. The van der Waals surface area contributed by atoms with E-state index in [4.69, 9.17) is 16.3 Å². The molecule has 8 heteroatoms. The third-order valence-electron chi connectivity index (χ3n) is 3.98. The van der Waals surface area contributed by atoms with E-state index >= 15 is 0 Å². The predicted octanol–water partition coefficient (Wildman–Crippen LogP) is 3.18. The molecule has 1 aromatic rings. The van der Waals surface area contributed by atoms with E-state index in [0.717, 1.165) is 44.2 Å². The molecule has 1 aromatic carbocycles. The van der Waals surface area contributed by atoms with Gasteiger partial charge in [-0.3, -0.25) is 10.1 Å². The van der Waals surface area contributed by atoms with Crippen molar-refractivity contribution in [1.82, 2.24) is 10.6 Å². The third-order valence-corrected chi connectivity index (χ3v) is 4.21. The first kappa shape index (κ1) is 19.2. The molecule has 2 N–H and O–H groups in total. The topological polar surface area (TPSA) is 84.5 Å². The summed E-state index contributed by atoms with van der Waals surface area (Å²) in [6, 6.07) is 2.84. The molecule has 3 amide bonds. The van der Waals surface area contributed by atoms with Crippen LogP contribution in [0.2, 0.25) is 5.02 Å². The highest BCUT2D eigenvalue weighted by Crippen LogP contribution is 2.18. The first-order valence-corrected chi connectivity index (χ1v) is 8.52. The largest absolute Gasteiger partial charge is 0.449 e. The standard InChI is InChI=1S/C17H20ClFN2O4/c1-10(25-16(23)13-9-11(18)7-8-14(13)19)15(22)21-17(24)20-12-5-3-2-4-6-12/h7-10,12H,2-6H2,1H3,(H2,20,21,22,24)/t10-/m0/s1. The number of carbonyl (C=O) groups excluding carboxylic acids is 3. The van der Waals surface area contributed by atoms with E-state index in [0.29, 0.717) is 0 Å². The first-order chi connectivity index (χ1) is 11.9. The highest BCUT2D eigenvalue weighted by atomic mass is 35.5. The van der Waals surface area contributed by atoms with Gasteiger partial charge < -0.3 is 10.1 Å². The van der Waals surface area contributed by atoms with Crippen LogP contribution >= 0.6 is 11.6 Å². The van der Waals surface area contributed by atoms with E-state index < -0.39 is 29.8 Å². The van der Waals surface area contributed by atoms with Gasteiger partial charge in [-0.1, -0.05) is 30.9 Å². The van der Waals surface area contributed by atoms with Crippen LogP contribution in [0, 0.1) is 5.82 Å². The molecule has 0 aromatic heterocycles. The number of urea groups is 1. The fourth-order valence-electron chi connectivity index (χ4n) is 2.61. The van der Waals surface area contributed by atoms with Gasteiger partial charge in [-0.15, -0.1) is 0 Å². The van der Waals surface area contributed by atoms with E-state index in [2.05, 4.69) is 10.6 Å². The Hall–Kier alpha value is -2.15. The second-order valence-corrected chi connectivity index (χ2v) is 6.41. The molecule has 0 unspecified atom stereocenters. The lowest BCUT2D eigenvalue weighted by molar-refractivity contribution is -0.127. The molecular weight excluding hydrogens is 351 g/mol. The number of ether oxygens (including phenoxy) is 1. The Kier molecular flexibility index (Phi) is 6.75. The van der Waals surface area contributed by atoms with Crippen molar-refractivity contribution in [3.05, 3.63) is 34.6 Å². The highest BCUT2D eigenvalue weighted by Gasteiger charge is 2.24. The zero-order valence-electron chi connectivity index (χ0n) is 13.8. The summed E-state index contributed by atoms with van der Waals surface area (Å²) < 4.78 is 18.5. The van der Waals surface area contributed by atoms with Gasteiger partial charge in [0.05, 0.1) is 5.56 Å². The van der Waals surface area contributed by atoms with Gasteiger partial charge in [0, 0.05) is 11.1 Å². The Morgan fingerprint density at radius 2 is 1.92 bits per heavy atom. The average Bonchev–Trinajstić information content (AvgIpc) is 2.57. The van der Waals surface area contributed by atoms with Crippen molar-refractivity contribution < 1.29 is 23.5 Å². The minimum absolute atomic E-state index is 0.0416. The van der Waals surface area contributed by atoms with Crippen molar-refractivity contribution in [1.29, 1.82) is 0 Å². The van der Waals surface area contributed by atoms with Gasteiger partial charge in [-0.2, -0.15) is 0 Å². The average molecular weight is 371 g/mol. The van der Waals surface area contributed by atoms with Gasteiger partial charge in [-0.05, 0) is 38.0 Å². The molecular formula is C17H20ClFN2O4. The molecule has 0 aliphatic heterocycles. The van der Waals surface area contributed by atoms with E-state index in [1.807, 2.05) is 0 Å². The molecule has 136 valence electrons. The summed E-state index contributed by atoms with van der Waals surface area (Å²) in [5.74, 6) is -2.63. The summed E-state index contributed by atoms with van der Waals surface area (Å²) in [6.45, 7) is 1.30. The smallest absolute Gasteiger partial charge is 0.341 e. The van der Waals surface area contributed by atoms with Gasteiger partial charge in [0.15, 0.2) is 6.10 Å². The van der Waals surface area contributed by atoms with Crippen LogP contribution in [0.5, 0.6) is 0 Å². The van der Waals surface area contributed by atoms with Crippen molar-refractivity contribution in [2.24, 2.45) is 0 Å². The third kappa shape index (κ3) is 5.70. The Balaban J connectivity index is 1.85. The van der Waals surface area contributed by atoms with E-state index in [-0.39, 0.29) is 16.6 Å². The number of carbonyl (C=O) groups is 3. The maximum absolute atomic E-state index is 13.6. The SMILES string of the molecule is C[C@H](OC(=O)c1cc(Cl)ccc1F)C(=O)NC(=O)NC1CCCCC1. The molecule has 2 rings (SSSR count). The number of hydrogen-bond acceptors (Lipinski definition) is 4. The molecule has 0 spiro atoms. The van der Waals surface area contributed by atoms with Crippen LogP contribution in [0.3, 0.4) is 0 Å². The van der Waals surface area contributed by atoms with Crippen molar-refractivity contribution in [3.63, 3.8) is 0 Å². The number of amides is 3. The molecule has 1 fully saturated rings. The van der Waals surface area contributed by atoms with Crippen LogP contribution in [0.25, 0.3) is 0 Å². The number of nitrogens with one attached hydrogen (secondary N) is 2. The van der Waals surface area contributed by atoms with Crippen LogP contribution in [0.15, 0.2) is 18.2 Å². The van der Waals surface area contributed by atoms with Gasteiger partial charge >= 0.3 is 12.0 Å². The number of hydrogen-bond donors (Lipinski definition) is 2. The van der Waals surface area contributed by atoms with Crippen LogP contribution in [0.4, 0.5) is 9.18 Å². The van der Waals surface area contributed by atoms with Crippen LogP contribution in [-0.2, 0) is 9.53 Å². The molecule has 0 radical (unpaired) electrons. The zero-order valence-corrected chi connectivity index (χ0v) is 14.6. The van der Waals surface area contributed by atoms with Crippen molar-refractivity contribution in [2.45, 2.75) is 51.2 Å². The summed E-state index contributed by atoms with van der Waals surface area (Å²) in [5, 5.41) is 5.01. The molecule has 6 nitrogen and oxygen atoms in total. The first-order valence-electron chi connectivity index (χ1n) is 8.14. The molecule has 1 aliphatic rings. The Morgan fingerprint density at radius 3 is 2.60 bits per heavy atom. The molecule has 1 saturated carbocycles. The van der Waals surface area contributed by atoms with E-state index in [1.165, 1.54) is 13.0 Å². The Labute approximate surface area is 150 Å². The number of esters is 1. The van der Waals surface area contributed by atoms with Crippen LogP contribution in [0.1, 0.15) is 49.4 Å². The van der Waals surface area contributed by atoms with Gasteiger partial charge in [0.2, 0.25) is 0 Å². The quantitative estimate of drug-likeness (QED) is 0.797. The van der Waals surface area contributed by atoms with Crippen molar-refractivity contribution >= 4 is 29.5 Å². The lowest BCUT2D eigenvalue weighted by atomic mass is 9.96. The molecule has 1 atom stereocenters. The van der Waals surface area contributed by atoms with E-state index in [9.17, 15) is 18.8 Å². The van der Waals surface area contributed by atoms with Crippen molar-refractivity contribution in [3.8, 4) is 0 Å². The number of rotatable bonds is 4. The second kappa shape index (κ2) is 8.80. The maximum Gasteiger partial charge on any atom is 0.341 e. The fourth-order valence-corrected chi connectivity index (χ4v) is 2.79. The Bertz CT molecular complexity index is 662. The number of imide groups is 1.